The summed E-state index contributed by atoms with van der Waals surface area (Å²) in [7, 11) is -3.61. The van der Waals surface area contributed by atoms with Crippen LogP contribution in [0.4, 0.5) is 4.39 Å². The highest BCUT2D eigenvalue weighted by Crippen LogP contribution is 2.27. The predicted molar refractivity (Wildman–Crippen MR) is 107 cm³/mol. The lowest BCUT2D eigenvalue weighted by molar-refractivity contribution is 0.101. The molecular formula is C20H22ClFN2O3S. The summed E-state index contributed by atoms with van der Waals surface area (Å²) in [5, 5.41) is 0.0829. The van der Waals surface area contributed by atoms with Crippen molar-refractivity contribution in [3.05, 3.63) is 64.4 Å². The van der Waals surface area contributed by atoms with Crippen LogP contribution in [-0.4, -0.2) is 49.6 Å². The lowest BCUT2D eigenvalue weighted by Gasteiger charge is -2.37. The molecule has 0 aliphatic carbocycles. The molecule has 1 unspecified atom stereocenters. The van der Waals surface area contributed by atoms with Gasteiger partial charge in [0.2, 0.25) is 10.0 Å². The molecule has 1 atom stereocenters. The van der Waals surface area contributed by atoms with Crippen LogP contribution in [0.2, 0.25) is 5.02 Å². The van der Waals surface area contributed by atoms with Crippen LogP contribution in [0.15, 0.2) is 47.4 Å². The summed E-state index contributed by atoms with van der Waals surface area (Å²) in [5.74, 6) is -0.559. The molecule has 5 nitrogen and oxygen atoms in total. The average Bonchev–Trinajstić information content (AvgIpc) is 2.69. The Morgan fingerprint density at radius 1 is 1.07 bits per heavy atom. The summed E-state index contributed by atoms with van der Waals surface area (Å²) in [5.41, 5.74) is 1.37. The molecule has 0 aromatic heterocycles. The maximum atomic E-state index is 13.4. The zero-order valence-electron chi connectivity index (χ0n) is 15.7. The van der Waals surface area contributed by atoms with E-state index < -0.39 is 15.8 Å². The van der Waals surface area contributed by atoms with Crippen LogP contribution in [0.3, 0.4) is 0 Å². The zero-order valence-corrected chi connectivity index (χ0v) is 17.3. The van der Waals surface area contributed by atoms with Crippen LogP contribution in [0.1, 0.15) is 35.8 Å². The van der Waals surface area contributed by atoms with E-state index in [1.54, 1.807) is 12.1 Å². The smallest absolute Gasteiger partial charge is 0.243 e. The van der Waals surface area contributed by atoms with Gasteiger partial charge in [0.05, 0.1) is 9.92 Å². The molecular weight excluding hydrogens is 403 g/mol. The predicted octanol–water partition coefficient (Wildman–Crippen LogP) is 3.75. The molecule has 2 aromatic carbocycles. The fourth-order valence-corrected chi connectivity index (χ4v) is 4.94. The van der Waals surface area contributed by atoms with Gasteiger partial charge in [-0.2, -0.15) is 4.31 Å². The summed E-state index contributed by atoms with van der Waals surface area (Å²) in [4.78, 5) is 13.7. The van der Waals surface area contributed by atoms with E-state index in [0.29, 0.717) is 31.7 Å². The summed E-state index contributed by atoms with van der Waals surface area (Å²) in [6.07, 6.45) is 0. The van der Waals surface area contributed by atoms with Gasteiger partial charge in [-0.15, -0.1) is 0 Å². The number of halogens is 2. The molecule has 0 saturated carbocycles. The van der Waals surface area contributed by atoms with E-state index >= 15 is 0 Å². The topological polar surface area (TPSA) is 57.7 Å². The van der Waals surface area contributed by atoms with Crippen molar-refractivity contribution in [3.63, 3.8) is 0 Å². The normalized spacial score (nSPS) is 17.4. The van der Waals surface area contributed by atoms with Gasteiger partial charge in [0.25, 0.3) is 0 Å². The number of piperazine rings is 1. The number of carbonyl (C=O) groups is 1. The highest BCUT2D eigenvalue weighted by Gasteiger charge is 2.30. The first-order chi connectivity index (χ1) is 13.2. The quantitative estimate of drug-likeness (QED) is 0.686. The maximum Gasteiger partial charge on any atom is 0.243 e. The van der Waals surface area contributed by atoms with Crippen molar-refractivity contribution in [3.8, 4) is 0 Å². The second-order valence-corrected chi connectivity index (χ2v) is 9.22. The summed E-state index contributed by atoms with van der Waals surface area (Å²) in [6.45, 7) is 5.26. The second kappa shape index (κ2) is 8.29. The first-order valence-corrected chi connectivity index (χ1v) is 10.8. The molecule has 28 heavy (non-hydrogen) atoms. The summed E-state index contributed by atoms with van der Waals surface area (Å²) < 4.78 is 40.6. The fraction of sp³-hybridized carbons (Fsp3) is 0.350. The van der Waals surface area contributed by atoms with Crippen molar-refractivity contribution >= 4 is 27.4 Å². The summed E-state index contributed by atoms with van der Waals surface area (Å²) >= 11 is 5.88. The van der Waals surface area contributed by atoms with Gasteiger partial charge >= 0.3 is 0 Å². The second-order valence-electron chi connectivity index (χ2n) is 6.87. The van der Waals surface area contributed by atoms with Crippen LogP contribution in [0, 0.1) is 5.82 Å². The minimum absolute atomic E-state index is 0.00203. The highest BCUT2D eigenvalue weighted by atomic mass is 35.5. The zero-order chi connectivity index (χ0) is 20.5. The van der Waals surface area contributed by atoms with E-state index in [1.807, 2.05) is 6.92 Å². The molecule has 0 bridgehead atoms. The van der Waals surface area contributed by atoms with Gasteiger partial charge in [-0.1, -0.05) is 29.8 Å². The van der Waals surface area contributed by atoms with E-state index in [4.69, 9.17) is 11.6 Å². The number of Topliss-reactive ketones (excluding diaryl/α,β-unsaturated/α-hetero) is 1. The number of benzene rings is 2. The Bertz CT molecular complexity index is 971. The largest absolute Gasteiger partial charge is 0.295 e. The molecule has 1 heterocycles. The van der Waals surface area contributed by atoms with Gasteiger partial charge < -0.3 is 0 Å². The van der Waals surface area contributed by atoms with Gasteiger partial charge in [-0.05, 0) is 43.7 Å². The van der Waals surface area contributed by atoms with Crippen molar-refractivity contribution in [2.24, 2.45) is 0 Å². The molecule has 0 spiro atoms. The van der Waals surface area contributed by atoms with Crippen LogP contribution in [-0.2, 0) is 10.0 Å². The standard InChI is InChI=1S/C20H22ClFN2O3S/c1-14(17-5-8-20(22)19(21)13-17)23-9-11-24(12-10-23)28(26,27)18-6-3-16(4-7-18)15(2)25/h3-8,13-14H,9-12H2,1-2H3. The third-order valence-electron chi connectivity index (χ3n) is 5.15. The molecule has 0 N–H and O–H groups in total. The number of sulfonamides is 1. The van der Waals surface area contributed by atoms with Crippen molar-refractivity contribution in [2.45, 2.75) is 24.8 Å². The van der Waals surface area contributed by atoms with E-state index in [2.05, 4.69) is 4.90 Å². The molecule has 3 rings (SSSR count). The lowest BCUT2D eigenvalue weighted by atomic mass is 10.1. The van der Waals surface area contributed by atoms with Gasteiger partial charge in [-0.25, -0.2) is 12.8 Å². The molecule has 150 valence electrons. The molecule has 1 fully saturated rings. The van der Waals surface area contributed by atoms with Crippen molar-refractivity contribution < 1.29 is 17.6 Å². The lowest BCUT2D eigenvalue weighted by Crippen LogP contribution is -2.49. The number of hydrogen-bond donors (Lipinski definition) is 0. The Morgan fingerprint density at radius 3 is 2.21 bits per heavy atom. The Balaban J connectivity index is 1.68. The molecule has 1 aliphatic heterocycles. The number of rotatable bonds is 5. The number of ketones is 1. The Hall–Kier alpha value is -1.80. The van der Waals surface area contributed by atoms with Crippen LogP contribution < -0.4 is 0 Å². The van der Waals surface area contributed by atoms with E-state index in [9.17, 15) is 17.6 Å². The van der Waals surface area contributed by atoms with Crippen LogP contribution in [0.5, 0.6) is 0 Å². The monoisotopic (exact) mass is 424 g/mol. The van der Waals surface area contributed by atoms with Gasteiger partial charge in [0.1, 0.15) is 5.82 Å². The molecule has 8 heteroatoms. The molecule has 1 aliphatic rings. The van der Waals surface area contributed by atoms with E-state index in [0.717, 1.165) is 5.56 Å². The Morgan fingerprint density at radius 2 is 1.68 bits per heavy atom. The van der Waals surface area contributed by atoms with Crippen LogP contribution in [0.25, 0.3) is 0 Å². The average molecular weight is 425 g/mol. The van der Waals surface area contributed by atoms with Gasteiger partial charge in [0.15, 0.2) is 5.78 Å². The highest BCUT2D eigenvalue weighted by molar-refractivity contribution is 7.89. The first kappa shape index (κ1) is 20.9. The SMILES string of the molecule is CC(=O)c1ccc(S(=O)(=O)N2CCN(C(C)c3ccc(F)c(Cl)c3)CC2)cc1. The number of nitrogens with zero attached hydrogens (tertiary/aromatic N) is 2. The summed E-state index contributed by atoms with van der Waals surface area (Å²) in [6, 6.07) is 10.7. The van der Waals surface area contributed by atoms with E-state index in [-0.39, 0.29) is 21.7 Å². The molecule has 0 radical (unpaired) electrons. The third kappa shape index (κ3) is 4.27. The maximum absolute atomic E-state index is 13.4. The third-order valence-corrected chi connectivity index (χ3v) is 7.35. The minimum atomic E-state index is -3.61. The minimum Gasteiger partial charge on any atom is -0.295 e. The van der Waals surface area contributed by atoms with Crippen LogP contribution >= 0.6 is 11.6 Å². The van der Waals surface area contributed by atoms with E-state index in [1.165, 1.54) is 41.6 Å². The van der Waals surface area contributed by atoms with Crippen molar-refractivity contribution in [1.29, 1.82) is 0 Å². The first-order valence-electron chi connectivity index (χ1n) is 9.00. The fourth-order valence-electron chi connectivity index (χ4n) is 3.32. The Labute approximate surface area is 169 Å². The van der Waals surface area contributed by atoms with Gasteiger partial charge in [0, 0.05) is 37.8 Å². The molecule has 0 amide bonds. The van der Waals surface area contributed by atoms with Crippen molar-refractivity contribution in [1.82, 2.24) is 9.21 Å². The molecule has 2 aromatic rings. The number of hydrogen-bond acceptors (Lipinski definition) is 4. The van der Waals surface area contributed by atoms with Gasteiger partial charge in [-0.3, -0.25) is 9.69 Å². The van der Waals surface area contributed by atoms with Crippen molar-refractivity contribution in [2.75, 3.05) is 26.2 Å². The Kier molecular flexibility index (Phi) is 6.19. The number of carbonyl (C=O) groups excluding carboxylic acids is 1. The molecule has 1 saturated heterocycles.